The highest BCUT2D eigenvalue weighted by atomic mass is 35.5. The van der Waals surface area contributed by atoms with E-state index in [4.69, 9.17) is 21.1 Å². The maximum absolute atomic E-state index is 12.6. The number of ether oxygens (including phenoxy) is 2. The van der Waals surface area contributed by atoms with E-state index >= 15 is 0 Å². The summed E-state index contributed by atoms with van der Waals surface area (Å²) in [7, 11) is 1.55. The van der Waals surface area contributed by atoms with Crippen LogP contribution in [0.15, 0.2) is 42.9 Å². The van der Waals surface area contributed by atoms with Crippen LogP contribution in [0.25, 0.3) is 0 Å². The number of rotatable bonds is 5. The summed E-state index contributed by atoms with van der Waals surface area (Å²) in [5, 5.41) is 7.81. The summed E-state index contributed by atoms with van der Waals surface area (Å²) in [5.74, 6) is -0.545. The number of nitrogens with one attached hydrogen (secondary N) is 1. The quantitative estimate of drug-likeness (QED) is 0.659. The number of hydrogen-bond acceptors (Lipinski definition) is 6. The van der Waals surface area contributed by atoms with E-state index in [0.717, 1.165) is 5.56 Å². The average Bonchev–Trinajstić information content (AvgIpc) is 3.01. The Hall–Kier alpha value is -2.38. The zero-order chi connectivity index (χ0) is 17.1. The normalized spacial score (nSPS) is 19.5. The Balaban J connectivity index is 1.98. The van der Waals surface area contributed by atoms with Gasteiger partial charge in [0.1, 0.15) is 18.9 Å². The molecule has 7 nitrogen and oxygen atoms in total. The Morgan fingerprint density at radius 1 is 1.46 bits per heavy atom. The molecule has 1 aromatic heterocycles. The molecule has 0 radical (unpaired) electrons. The van der Waals surface area contributed by atoms with Crippen molar-refractivity contribution in [2.75, 3.05) is 25.6 Å². The minimum Gasteiger partial charge on any atom is -0.463 e. The van der Waals surface area contributed by atoms with Crippen molar-refractivity contribution in [3.05, 3.63) is 53.5 Å². The molecule has 0 amide bonds. The lowest BCUT2D eigenvalue weighted by atomic mass is 9.89. The SMILES string of the molecule is C=C1Nc2ncnn2[C@H](c2cccc(Cl)c2)[C@H]1C(=O)OCCOC. The van der Waals surface area contributed by atoms with E-state index < -0.39 is 17.9 Å². The first-order chi connectivity index (χ1) is 11.6. The molecule has 8 heteroatoms. The molecule has 3 rings (SSSR count). The monoisotopic (exact) mass is 348 g/mol. The van der Waals surface area contributed by atoms with Crippen molar-refractivity contribution in [2.24, 2.45) is 5.92 Å². The standard InChI is InChI=1S/C16H17ClN4O3/c1-10-13(15(22)24-7-6-23-2)14(11-4-3-5-12(17)8-11)21-16(20-10)18-9-19-21/h3-5,8-9,13-14H,1,6-7H2,2H3,(H,18,19,20)/t13-,14+/m0/s1. The predicted octanol–water partition coefficient (Wildman–Crippen LogP) is 2.27. The lowest BCUT2D eigenvalue weighted by molar-refractivity contribution is -0.149. The van der Waals surface area contributed by atoms with E-state index in [2.05, 4.69) is 22.0 Å². The lowest BCUT2D eigenvalue weighted by Crippen LogP contribution is -2.38. The van der Waals surface area contributed by atoms with Crippen LogP contribution in [0.4, 0.5) is 5.95 Å². The van der Waals surface area contributed by atoms with Crippen molar-refractivity contribution >= 4 is 23.5 Å². The number of fused-ring (bicyclic) bond motifs is 1. The van der Waals surface area contributed by atoms with Gasteiger partial charge in [-0.3, -0.25) is 4.79 Å². The van der Waals surface area contributed by atoms with Crippen LogP contribution in [0.1, 0.15) is 11.6 Å². The number of halogens is 1. The molecule has 1 N–H and O–H groups in total. The number of nitrogens with zero attached hydrogens (tertiary/aromatic N) is 3. The smallest absolute Gasteiger partial charge is 0.317 e. The average molecular weight is 349 g/mol. The molecule has 0 bridgehead atoms. The molecule has 0 saturated heterocycles. The highest BCUT2D eigenvalue weighted by Crippen LogP contribution is 2.38. The molecule has 24 heavy (non-hydrogen) atoms. The molecule has 0 aliphatic carbocycles. The fourth-order valence-electron chi connectivity index (χ4n) is 2.71. The van der Waals surface area contributed by atoms with E-state index in [9.17, 15) is 4.79 Å². The molecule has 2 aromatic rings. The van der Waals surface area contributed by atoms with E-state index in [1.165, 1.54) is 6.33 Å². The third-order valence-corrected chi connectivity index (χ3v) is 4.01. The lowest BCUT2D eigenvalue weighted by Gasteiger charge is -2.33. The molecule has 0 fully saturated rings. The molecule has 2 heterocycles. The summed E-state index contributed by atoms with van der Waals surface area (Å²) in [4.78, 5) is 16.8. The van der Waals surface area contributed by atoms with Gasteiger partial charge in [0.25, 0.3) is 0 Å². The summed E-state index contributed by atoms with van der Waals surface area (Å²) < 4.78 is 11.9. The fraction of sp³-hybridized carbons (Fsp3) is 0.312. The van der Waals surface area contributed by atoms with Crippen LogP contribution >= 0.6 is 11.6 Å². The fourth-order valence-corrected chi connectivity index (χ4v) is 2.91. The van der Waals surface area contributed by atoms with Gasteiger partial charge in [-0.25, -0.2) is 4.68 Å². The minimum absolute atomic E-state index is 0.172. The molecule has 2 atom stereocenters. The van der Waals surface area contributed by atoms with Crippen LogP contribution in [0.3, 0.4) is 0 Å². The molecule has 1 aliphatic heterocycles. The van der Waals surface area contributed by atoms with E-state index in [1.54, 1.807) is 23.9 Å². The number of carbonyl (C=O) groups is 1. The van der Waals surface area contributed by atoms with Crippen molar-refractivity contribution in [3.8, 4) is 0 Å². The summed E-state index contributed by atoms with van der Waals surface area (Å²) >= 11 is 6.12. The summed E-state index contributed by atoms with van der Waals surface area (Å²) in [6, 6.07) is 6.84. The second-order valence-corrected chi connectivity index (χ2v) is 5.75. The number of methoxy groups -OCH3 is 1. The van der Waals surface area contributed by atoms with Crippen molar-refractivity contribution in [1.29, 1.82) is 0 Å². The highest BCUT2D eigenvalue weighted by Gasteiger charge is 2.40. The highest BCUT2D eigenvalue weighted by molar-refractivity contribution is 6.30. The maximum atomic E-state index is 12.6. The molecule has 0 spiro atoms. The number of esters is 1. The third-order valence-electron chi connectivity index (χ3n) is 3.78. The zero-order valence-electron chi connectivity index (χ0n) is 13.1. The Kier molecular flexibility index (Phi) is 4.82. The van der Waals surface area contributed by atoms with Crippen LogP contribution in [0.5, 0.6) is 0 Å². The van der Waals surface area contributed by atoms with Crippen LogP contribution < -0.4 is 5.32 Å². The van der Waals surface area contributed by atoms with Crippen LogP contribution in [-0.2, 0) is 14.3 Å². The van der Waals surface area contributed by atoms with E-state index in [1.807, 2.05) is 12.1 Å². The van der Waals surface area contributed by atoms with Gasteiger partial charge in [-0.2, -0.15) is 10.1 Å². The largest absolute Gasteiger partial charge is 0.463 e. The van der Waals surface area contributed by atoms with Crippen LogP contribution in [-0.4, -0.2) is 41.1 Å². The first-order valence-electron chi connectivity index (χ1n) is 7.38. The van der Waals surface area contributed by atoms with Crippen molar-refractivity contribution < 1.29 is 14.3 Å². The Morgan fingerprint density at radius 3 is 3.04 bits per heavy atom. The summed E-state index contributed by atoms with van der Waals surface area (Å²) in [6.45, 7) is 4.46. The number of hydrogen-bond donors (Lipinski definition) is 1. The number of carbonyl (C=O) groups excluding carboxylic acids is 1. The van der Waals surface area contributed by atoms with Crippen LogP contribution in [0.2, 0.25) is 5.02 Å². The molecular weight excluding hydrogens is 332 g/mol. The molecule has 1 aromatic carbocycles. The topological polar surface area (TPSA) is 78.3 Å². The molecule has 1 aliphatic rings. The molecule has 0 saturated carbocycles. The van der Waals surface area contributed by atoms with Gasteiger partial charge in [0.15, 0.2) is 0 Å². The van der Waals surface area contributed by atoms with Gasteiger partial charge in [0.05, 0.1) is 12.6 Å². The summed E-state index contributed by atoms with van der Waals surface area (Å²) in [5.41, 5.74) is 1.33. The maximum Gasteiger partial charge on any atom is 0.317 e. The van der Waals surface area contributed by atoms with Crippen molar-refractivity contribution in [3.63, 3.8) is 0 Å². The second kappa shape index (κ2) is 7.02. The Labute approximate surface area is 144 Å². The summed E-state index contributed by atoms with van der Waals surface area (Å²) in [6.07, 6.45) is 1.42. The van der Waals surface area contributed by atoms with Gasteiger partial charge < -0.3 is 14.8 Å². The first kappa shape index (κ1) is 16.5. The predicted molar refractivity (Wildman–Crippen MR) is 88.7 cm³/mol. The second-order valence-electron chi connectivity index (χ2n) is 5.32. The van der Waals surface area contributed by atoms with Crippen LogP contribution in [0, 0.1) is 5.92 Å². The van der Waals surface area contributed by atoms with Gasteiger partial charge in [-0.1, -0.05) is 30.3 Å². The number of benzene rings is 1. The minimum atomic E-state index is -0.658. The van der Waals surface area contributed by atoms with Gasteiger partial charge in [0, 0.05) is 17.8 Å². The first-order valence-corrected chi connectivity index (χ1v) is 7.76. The van der Waals surface area contributed by atoms with E-state index in [-0.39, 0.29) is 6.61 Å². The Bertz CT molecular complexity index is 761. The van der Waals surface area contributed by atoms with Gasteiger partial charge >= 0.3 is 5.97 Å². The molecule has 126 valence electrons. The Morgan fingerprint density at radius 2 is 2.29 bits per heavy atom. The third kappa shape index (κ3) is 3.13. The molecular formula is C16H17ClN4O3. The van der Waals surface area contributed by atoms with Crippen molar-refractivity contribution in [1.82, 2.24) is 14.8 Å². The number of anilines is 1. The zero-order valence-corrected chi connectivity index (χ0v) is 13.9. The number of aromatic nitrogens is 3. The van der Waals surface area contributed by atoms with Gasteiger partial charge in [-0.15, -0.1) is 0 Å². The van der Waals surface area contributed by atoms with Crippen molar-refractivity contribution in [2.45, 2.75) is 6.04 Å². The van der Waals surface area contributed by atoms with Gasteiger partial charge in [0.2, 0.25) is 5.95 Å². The van der Waals surface area contributed by atoms with Gasteiger partial charge in [-0.05, 0) is 17.7 Å². The van der Waals surface area contributed by atoms with E-state index in [0.29, 0.717) is 23.3 Å². The molecule has 0 unspecified atom stereocenters.